The number of hydrogen-bond acceptors (Lipinski definition) is 3. The number of likely N-dealkylation sites (N-methyl/N-ethyl adjacent to an activating group) is 2. The molecule has 4 nitrogen and oxygen atoms in total. The van der Waals surface area contributed by atoms with E-state index < -0.39 is 5.54 Å². The SMILES string of the molecule is CN=CC1CCCC[C@@H]1N(C)C(=O)C(C)(C)N(C)C. The molecule has 0 aromatic carbocycles. The molecule has 1 amide bonds. The van der Waals surface area contributed by atoms with Crippen LogP contribution in [0.5, 0.6) is 0 Å². The van der Waals surface area contributed by atoms with E-state index in [-0.39, 0.29) is 5.91 Å². The van der Waals surface area contributed by atoms with Gasteiger partial charge in [-0.3, -0.25) is 9.69 Å². The quantitative estimate of drug-likeness (QED) is 0.731. The van der Waals surface area contributed by atoms with Crippen molar-refractivity contribution in [3.8, 4) is 0 Å². The van der Waals surface area contributed by atoms with Gasteiger partial charge in [-0.15, -0.1) is 0 Å². The Morgan fingerprint density at radius 2 is 1.79 bits per heavy atom. The van der Waals surface area contributed by atoms with Gasteiger partial charge in [0, 0.05) is 32.3 Å². The van der Waals surface area contributed by atoms with Gasteiger partial charge in [0.2, 0.25) is 5.91 Å². The Balaban J connectivity index is 2.85. The molecule has 0 N–H and O–H groups in total. The summed E-state index contributed by atoms with van der Waals surface area (Å²) in [5.41, 5.74) is -0.458. The molecule has 2 atom stereocenters. The topological polar surface area (TPSA) is 35.9 Å². The van der Waals surface area contributed by atoms with Crippen LogP contribution in [-0.2, 0) is 4.79 Å². The standard InChI is InChI=1S/C15H29N3O/c1-15(2,17(4)5)14(19)18(6)13-10-8-7-9-12(13)11-16-3/h11-13H,7-10H2,1-6H3/t12?,13-/m0/s1. The molecule has 1 fully saturated rings. The highest BCUT2D eigenvalue weighted by atomic mass is 16.2. The number of carbonyl (C=O) groups excluding carboxylic acids is 1. The third-order valence-electron chi connectivity index (χ3n) is 4.58. The van der Waals surface area contributed by atoms with Crippen molar-refractivity contribution in [2.45, 2.75) is 51.1 Å². The van der Waals surface area contributed by atoms with Crippen LogP contribution in [0.1, 0.15) is 39.5 Å². The minimum Gasteiger partial charge on any atom is -0.341 e. The van der Waals surface area contributed by atoms with Crippen molar-refractivity contribution in [1.82, 2.24) is 9.80 Å². The number of rotatable bonds is 4. The summed E-state index contributed by atoms with van der Waals surface area (Å²) < 4.78 is 0. The van der Waals surface area contributed by atoms with E-state index in [1.54, 1.807) is 0 Å². The summed E-state index contributed by atoms with van der Waals surface area (Å²) in [6.07, 6.45) is 6.70. The summed E-state index contributed by atoms with van der Waals surface area (Å²) in [5, 5.41) is 0. The third-order valence-corrected chi connectivity index (χ3v) is 4.58. The van der Waals surface area contributed by atoms with Crippen molar-refractivity contribution in [1.29, 1.82) is 0 Å². The van der Waals surface area contributed by atoms with Crippen LogP contribution in [0.2, 0.25) is 0 Å². The Morgan fingerprint density at radius 3 is 2.32 bits per heavy atom. The predicted molar refractivity (Wildman–Crippen MR) is 80.7 cm³/mol. The number of nitrogens with zero attached hydrogens (tertiary/aromatic N) is 3. The van der Waals surface area contributed by atoms with E-state index in [0.29, 0.717) is 12.0 Å². The Hall–Kier alpha value is -0.900. The molecule has 1 aliphatic carbocycles. The lowest BCUT2D eigenvalue weighted by molar-refractivity contribution is -0.143. The summed E-state index contributed by atoms with van der Waals surface area (Å²) >= 11 is 0. The average Bonchev–Trinajstić information content (AvgIpc) is 2.38. The van der Waals surface area contributed by atoms with E-state index >= 15 is 0 Å². The third kappa shape index (κ3) is 3.56. The van der Waals surface area contributed by atoms with Gasteiger partial charge in [-0.1, -0.05) is 12.8 Å². The molecular formula is C15H29N3O. The van der Waals surface area contributed by atoms with Crippen molar-refractivity contribution in [3.05, 3.63) is 0 Å². The smallest absolute Gasteiger partial charge is 0.242 e. The molecule has 1 unspecified atom stereocenters. The highest BCUT2D eigenvalue weighted by Gasteiger charge is 2.37. The number of carbonyl (C=O) groups is 1. The first-order chi connectivity index (χ1) is 8.82. The van der Waals surface area contributed by atoms with E-state index in [0.717, 1.165) is 12.8 Å². The van der Waals surface area contributed by atoms with E-state index in [9.17, 15) is 4.79 Å². The fourth-order valence-corrected chi connectivity index (χ4v) is 2.76. The molecule has 1 saturated carbocycles. The van der Waals surface area contributed by atoms with Crippen LogP contribution < -0.4 is 0 Å². The Kier molecular flexibility index (Phi) is 5.53. The fraction of sp³-hybridized carbons (Fsp3) is 0.867. The molecule has 1 rings (SSSR count). The van der Waals surface area contributed by atoms with Gasteiger partial charge in [0.15, 0.2) is 0 Å². The molecule has 1 aliphatic rings. The van der Waals surface area contributed by atoms with E-state index in [1.165, 1.54) is 12.8 Å². The van der Waals surface area contributed by atoms with Crippen molar-refractivity contribution >= 4 is 12.1 Å². The second-order valence-electron chi connectivity index (χ2n) is 6.29. The van der Waals surface area contributed by atoms with Gasteiger partial charge in [0.05, 0.1) is 5.54 Å². The second kappa shape index (κ2) is 6.51. The number of amides is 1. The molecule has 19 heavy (non-hydrogen) atoms. The zero-order valence-corrected chi connectivity index (χ0v) is 13.3. The van der Waals surface area contributed by atoms with E-state index in [4.69, 9.17) is 0 Å². The van der Waals surface area contributed by atoms with Crippen LogP contribution in [0.15, 0.2) is 4.99 Å². The number of hydrogen-bond donors (Lipinski definition) is 0. The Labute approximate surface area is 117 Å². The normalized spacial score (nSPS) is 25.0. The molecule has 0 aliphatic heterocycles. The maximum Gasteiger partial charge on any atom is 0.242 e. The van der Waals surface area contributed by atoms with Gasteiger partial charge < -0.3 is 9.89 Å². The van der Waals surface area contributed by atoms with Gasteiger partial charge in [-0.2, -0.15) is 0 Å². The molecule has 4 heteroatoms. The summed E-state index contributed by atoms with van der Waals surface area (Å²) in [4.78, 5) is 20.8. The van der Waals surface area contributed by atoms with Crippen molar-refractivity contribution in [2.75, 3.05) is 28.2 Å². The molecule has 0 heterocycles. The summed E-state index contributed by atoms with van der Waals surface area (Å²) in [7, 11) is 7.67. The lowest BCUT2D eigenvalue weighted by Crippen LogP contribution is -2.56. The first-order valence-electron chi connectivity index (χ1n) is 7.19. The molecule has 0 saturated heterocycles. The molecule has 0 aromatic rings. The lowest BCUT2D eigenvalue weighted by Gasteiger charge is -2.41. The monoisotopic (exact) mass is 267 g/mol. The zero-order valence-electron chi connectivity index (χ0n) is 13.3. The van der Waals surface area contributed by atoms with Crippen LogP contribution in [0.25, 0.3) is 0 Å². The van der Waals surface area contributed by atoms with Gasteiger partial charge in [0.25, 0.3) is 0 Å². The molecule has 110 valence electrons. The van der Waals surface area contributed by atoms with Gasteiger partial charge in [0.1, 0.15) is 0 Å². The number of aliphatic imine (C=N–C) groups is 1. The molecule has 0 bridgehead atoms. The summed E-state index contributed by atoms with van der Waals surface area (Å²) in [6.45, 7) is 3.97. The highest BCUT2D eigenvalue weighted by Crippen LogP contribution is 2.28. The Morgan fingerprint density at radius 1 is 1.21 bits per heavy atom. The minimum absolute atomic E-state index is 0.193. The first-order valence-corrected chi connectivity index (χ1v) is 7.19. The largest absolute Gasteiger partial charge is 0.341 e. The van der Waals surface area contributed by atoms with Crippen LogP contribution >= 0.6 is 0 Å². The van der Waals surface area contributed by atoms with Crippen molar-refractivity contribution in [3.63, 3.8) is 0 Å². The van der Waals surface area contributed by atoms with Crippen LogP contribution in [0, 0.1) is 5.92 Å². The maximum absolute atomic E-state index is 12.7. The minimum atomic E-state index is -0.458. The van der Waals surface area contributed by atoms with Gasteiger partial charge in [-0.25, -0.2) is 0 Å². The molecule has 0 spiro atoms. The second-order valence-corrected chi connectivity index (χ2v) is 6.29. The van der Waals surface area contributed by atoms with Crippen LogP contribution in [-0.4, -0.2) is 61.7 Å². The van der Waals surface area contributed by atoms with E-state index in [2.05, 4.69) is 4.99 Å². The first kappa shape index (κ1) is 16.2. The summed E-state index contributed by atoms with van der Waals surface area (Å²) in [5.74, 6) is 0.601. The van der Waals surface area contributed by atoms with Gasteiger partial charge >= 0.3 is 0 Å². The van der Waals surface area contributed by atoms with Crippen LogP contribution in [0.3, 0.4) is 0 Å². The van der Waals surface area contributed by atoms with E-state index in [1.807, 2.05) is 58.1 Å². The van der Waals surface area contributed by atoms with Crippen molar-refractivity contribution < 1.29 is 4.79 Å². The lowest BCUT2D eigenvalue weighted by atomic mass is 9.83. The van der Waals surface area contributed by atoms with Gasteiger partial charge in [-0.05, 0) is 40.8 Å². The molecule has 0 aromatic heterocycles. The molecule has 0 radical (unpaired) electrons. The highest BCUT2D eigenvalue weighted by molar-refractivity contribution is 5.86. The van der Waals surface area contributed by atoms with Crippen molar-refractivity contribution in [2.24, 2.45) is 10.9 Å². The summed E-state index contributed by atoms with van der Waals surface area (Å²) in [6, 6.07) is 0.296. The zero-order chi connectivity index (χ0) is 14.6. The maximum atomic E-state index is 12.7. The molecular weight excluding hydrogens is 238 g/mol. The predicted octanol–water partition coefficient (Wildman–Crippen LogP) is 2.04. The fourth-order valence-electron chi connectivity index (χ4n) is 2.76. The average molecular weight is 267 g/mol. The van der Waals surface area contributed by atoms with Crippen LogP contribution in [0.4, 0.5) is 0 Å². The Bertz CT molecular complexity index is 336.